The van der Waals surface area contributed by atoms with E-state index in [9.17, 15) is 8.42 Å². The molecule has 2 rings (SSSR count). The van der Waals surface area contributed by atoms with Gasteiger partial charge in [0.2, 0.25) is 0 Å². The quantitative estimate of drug-likeness (QED) is 0.834. The van der Waals surface area contributed by atoms with E-state index in [1.54, 1.807) is 6.92 Å². The van der Waals surface area contributed by atoms with E-state index in [0.717, 1.165) is 12.8 Å². The topological polar surface area (TPSA) is 74.8 Å². The van der Waals surface area contributed by atoms with E-state index in [-0.39, 0.29) is 10.4 Å². The second kappa shape index (κ2) is 3.85. The van der Waals surface area contributed by atoms with Crippen molar-refractivity contribution in [1.29, 1.82) is 0 Å². The second-order valence-corrected chi connectivity index (χ2v) is 6.56. The van der Waals surface area contributed by atoms with Gasteiger partial charge in [0.25, 0.3) is 10.0 Å². The summed E-state index contributed by atoms with van der Waals surface area (Å²) in [5, 5.41) is 0.146. The van der Waals surface area contributed by atoms with Crippen LogP contribution in [0.5, 0.6) is 0 Å². The van der Waals surface area contributed by atoms with Crippen molar-refractivity contribution in [2.24, 2.45) is 5.41 Å². The van der Waals surface area contributed by atoms with E-state index in [1.807, 2.05) is 0 Å². The molecule has 6 heteroatoms. The van der Waals surface area contributed by atoms with Crippen molar-refractivity contribution in [3.05, 3.63) is 12.0 Å². The molecule has 1 saturated carbocycles. The minimum atomic E-state index is -3.42. The molecule has 0 aromatic carbocycles. The van der Waals surface area contributed by atoms with Crippen molar-refractivity contribution >= 4 is 10.0 Å². The van der Waals surface area contributed by atoms with Gasteiger partial charge in [-0.2, -0.15) is 0 Å². The Kier molecular flexibility index (Phi) is 2.79. The Bertz CT molecular complexity index is 474. The molecule has 0 atom stereocenters. The van der Waals surface area contributed by atoms with Crippen molar-refractivity contribution in [3.63, 3.8) is 0 Å². The molecule has 90 valence electrons. The largest absolute Gasteiger partial charge is 0.332 e. The number of rotatable bonds is 4. The number of hydrogen-bond donors (Lipinski definition) is 2. The third-order valence-electron chi connectivity index (χ3n) is 3.22. The highest BCUT2D eigenvalue weighted by atomic mass is 32.2. The van der Waals surface area contributed by atoms with Crippen LogP contribution >= 0.6 is 0 Å². The minimum Gasteiger partial charge on any atom is -0.332 e. The number of H-pyrrole nitrogens is 1. The lowest BCUT2D eigenvalue weighted by atomic mass is 9.71. The third kappa shape index (κ3) is 2.27. The van der Waals surface area contributed by atoms with Crippen molar-refractivity contribution < 1.29 is 8.42 Å². The zero-order valence-electron chi connectivity index (χ0n) is 9.58. The monoisotopic (exact) mass is 243 g/mol. The molecule has 0 bridgehead atoms. The van der Waals surface area contributed by atoms with Crippen LogP contribution < -0.4 is 4.72 Å². The summed E-state index contributed by atoms with van der Waals surface area (Å²) >= 11 is 0. The lowest BCUT2D eigenvalue weighted by molar-refractivity contribution is 0.166. The van der Waals surface area contributed by atoms with Crippen molar-refractivity contribution in [2.45, 2.75) is 38.1 Å². The van der Waals surface area contributed by atoms with Gasteiger partial charge < -0.3 is 4.98 Å². The third-order valence-corrected chi connectivity index (χ3v) is 4.53. The Morgan fingerprint density at radius 2 is 2.25 bits per heavy atom. The van der Waals surface area contributed by atoms with Gasteiger partial charge in [-0.15, -0.1) is 0 Å². The number of sulfonamides is 1. The Labute approximate surface area is 95.7 Å². The zero-order chi connectivity index (χ0) is 11.8. The molecule has 1 fully saturated rings. The molecular weight excluding hydrogens is 226 g/mol. The van der Waals surface area contributed by atoms with Gasteiger partial charge in [0.15, 0.2) is 5.03 Å². The van der Waals surface area contributed by atoms with E-state index in [2.05, 4.69) is 21.6 Å². The van der Waals surface area contributed by atoms with E-state index in [0.29, 0.717) is 12.4 Å². The number of aromatic nitrogens is 2. The Balaban J connectivity index is 2.03. The first-order valence-corrected chi connectivity index (χ1v) is 6.91. The van der Waals surface area contributed by atoms with Crippen LogP contribution in [-0.2, 0) is 10.0 Å². The van der Waals surface area contributed by atoms with Gasteiger partial charge in [-0.25, -0.2) is 18.1 Å². The number of imidazole rings is 1. The molecule has 1 aliphatic carbocycles. The number of nitrogens with one attached hydrogen (secondary N) is 2. The average Bonchev–Trinajstić information content (AvgIpc) is 2.60. The summed E-state index contributed by atoms with van der Waals surface area (Å²) in [6.07, 6.45) is 4.73. The average molecular weight is 243 g/mol. The SMILES string of the molecule is Cc1ncc(S(=O)(=O)NCC2(C)CCC2)[nH]1. The van der Waals surface area contributed by atoms with Crippen LogP contribution in [0.3, 0.4) is 0 Å². The molecule has 0 amide bonds. The number of aryl methyl sites for hydroxylation is 1. The number of hydrogen-bond acceptors (Lipinski definition) is 3. The van der Waals surface area contributed by atoms with E-state index < -0.39 is 10.0 Å². The molecule has 0 radical (unpaired) electrons. The predicted octanol–water partition coefficient (Wildman–Crippen LogP) is 1.19. The van der Waals surface area contributed by atoms with E-state index >= 15 is 0 Å². The maximum Gasteiger partial charge on any atom is 0.257 e. The number of nitrogens with zero attached hydrogens (tertiary/aromatic N) is 1. The highest BCUT2D eigenvalue weighted by molar-refractivity contribution is 7.89. The van der Waals surface area contributed by atoms with Crippen LogP contribution in [0.15, 0.2) is 11.2 Å². The molecule has 16 heavy (non-hydrogen) atoms. The van der Waals surface area contributed by atoms with Gasteiger partial charge in [0.05, 0.1) is 6.20 Å². The van der Waals surface area contributed by atoms with Gasteiger partial charge >= 0.3 is 0 Å². The van der Waals surface area contributed by atoms with Crippen LogP contribution in [0.1, 0.15) is 32.0 Å². The number of aromatic amines is 1. The van der Waals surface area contributed by atoms with Gasteiger partial charge in [0.1, 0.15) is 5.82 Å². The first kappa shape index (κ1) is 11.6. The molecule has 0 spiro atoms. The predicted molar refractivity (Wildman–Crippen MR) is 60.5 cm³/mol. The molecule has 0 unspecified atom stereocenters. The van der Waals surface area contributed by atoms with Gasteiger partial charge in [-0.3, -0.25) is 0 Å². The Morgan fingerprint density at radius 3 is 2.69 bits per heavy atom. The van der Waals surface area contributed by atoms with Crippen LogP contribution in [0.4, 0.5) is 0 Å². The first-order chi connectivity index (χ1) is 7.41. The van der Waals surface area contributed by atoms with Gasteiger partial charge in [-0.05, 0) is 25.2 Å². The molecule has 0 aliphatic heterocycles. The van der Waals surface area contributed by atoms with Crippen LogP contribution in [-0.4, -0.2) is 24.9 Å². The summed E-state index contributed by atoms with van der Waals surface area (Å²) < 4.78 is 26.3. The molecule has 5 nitrogen and oxygen atoms in total. The van der Waals surface area contributed by atoms with Crippen molar-refractivity contribution in [3.8, 4) is 0 Å². The second-order valence-electron chi connectivity index (χ2n) is 4.82. The van der Waals surface area contributed by atoms with E-state index in [1.165, 1.54) is 12.6 Å². The van der Waals surface area contributed by atoms with E-state index in [4.69, 9.17) is 0 Å². The van der Waals surface area contributed by atoms with Gasteiger partial charge in [0, 0.05) is 6.54 Å². The van der Waals surface area contributed by atoms with Crippen molar-refractivity contribution in [2.75, 3.05) is 6.54 Å². The lowest BCUT2D eigenvalue weighted by Gasteiger charge is -2.38. The molecule has 1 aromatic rings. The summed E-state index contributed by atoms with van der Waals surface area (Å²) in [7, 11) is -3.42. The molecule has 1 heterocycles. The summed E-state index contributed by atoms with van der Waals surface area (Å²) in [5.41, 5.74) is 0.141. The highest BCUT2D eigenvalue weighted by Crippen LogP contribution is 2.39. The molecule has 1 aliphatic rings. The standard InChI is InChI=1S/C10H17N3O2S/c1-8-11-6-9(13-8)16(14,15)12-7-10(2)4-3-5-10/h6,12H,3-5,7H2,1-2H3,(H,11,13). The van der Waals surface area contributed by atoms with Gasteiger partial charge in [-0.1, -0.05) is 13.3 Å². The van der Waals surface area contributed by atoms with Crippen molar-refractivity contribution in [1.82, 2.24) is 14.7 Å². The summed E-state index contributed by atoms with van der Waals surface area (Å²) in [6, 6.07) is 0. The maximum absolute atomic E-state index is 11.8. The lowest BCUT2D eigenvalue weighted by Crippen LogP contribution is -2.39. The van der Waals surface area contributed by atoms with Crippen LogP contribution in [0.2, 0.25) is 0 Å². The maximum atomic E-state index is 11.8. The molecular formula is C10H17N3O2S. The van der Waals surface area contributed by atoms with Crippen LogP contribution in [0, 0.1) is 12.3 Å². The Morgan fingerprint density at radius 1 is 1.56 bits per heavy atom. The normalized spacial score (nSPS) is 19.4. The molecule has 2 N–H and O–H groups in total. The summed E-state index contributed by atoms with van der Waals surface area (Å²) in [5.74, 6) is 0.607. The smallest absolute Gasteiger partial charge is 0.257 e. The summed E-state index contributed by atoms with van der Waals surface area (Å²) in [4.78, 5) is 6.61. The first-order valence-electron chi connectivity index (χ1n) is 5.43. The summed E-state index contributed by atoms with van der Waals surface area (Å²) in [6.45, 7) is 4.34. The fraction of sp³-hybridized carbons (Fsp3) is 0.700. The highest BCUT2D eigenvalue weighted by Gasteiger charge is 2.33. The molecule has 1 aromatic heterocycles. The fourth-order valence-corrected chi connectivity index (χ4v) is 3.01. The Hall–Kier alpha value is -0.880. The zero-order valence-corrected chi connectivity index (χ0v) is 10.4. The minimum absolute atomic E-state index is 0.141. The molecule has 0 saturated heterocycles. The fourth-order valence-electron chi connectivity index (χ4n) is 1.84. The van der Waals surface area contributed by atoms with Crippen LogP contribution in [0.25, 0.3) is 0 Å².